The number of amides is 1. The van der Waals surface area contributed by atoms with Crippen LogP contribution in [0.25, 0.3) is 5.82 Å². The van der Waals surface area contributed by atoms with Crippen molar-refractivity contribution < 1.29 is 4.79 Å². The minimum absolute atomic E-state index is 0. The van der Waals surface area contributed by atoms with Crippen LogP contribution in [0, 0.1) is 0 Å². The van der Waals surface area contributed by atoms with Gasteiger partial charge in [0.05, 0.1) is 0 Å². The zero-order valence-corrected chi connectivity index (χ0v) is 13.6. The molecule has 8 heteroatoms. The average molecular weight is 344 g/mol. The average Bonchev–Trinajstić information content (AvgIpc) is 3.18. The lowest BCUT2D eigenvalue weighted by molar-refractivity contribution is 0.0945. The fourth-order valence-electron chi connectivity index (χ4n) is 2.32. The van der Waals surface area contributed by atoms with E-state index in [9.17, 15) is 4.79 Å². The van der Waals surface area contributed by atoms with Crippen LogP contribution >= 0.6 is 24.8 Å². The summed E-state index contributed by atoms with van der Waals surface area (Å²) in [6.45, 7) is 1.68. The van der Waals surface area contributed by atoms with Gasteiger partial charge in [0.1, 0.15) is 5.69 Å². The van der Waals surface area contributed by atoms with Gasteiger partial charge in [-0.1, -0.05) is 6.07 Å². The van der Waals surface area contributed by atoms with Crippen molar-refractivity contribution in [1.82, 2.24) is 25.4 Å². The largest absolute Gasteiger partial charge is 0.349 e. The first-order valence-electron chi connectivity index (χ1n) is 6.81. The third-order valence-corrected chi connectivity index (χ3v) is 3.38. The highest BCUT2D eigenvalue weighted by Gasteiger charge is 2.16. The zero-order chi connectivity index (χ0) is 13.8. The molecule has 3 heterocycles. The highest BCUT2D eigenvalue weighted by Crippen LogP contribution is 2.06. The molecule has 0 spiro atoms. The van der Waals surface area contributed by atoms with Crippen LogP contribution in [0.15, 0.2) is 36.7 Å². The van der Waals surface area contributed by atoms with Gasteiger partial charge in [0, 0.05) is 25.0 Å². The molecule has 1 aliphatic heterocycles. The maximum absolute atomic E-state index is 12.1. The normalized spacial score (nSPS) is 16.5. The maximum atomic E-state index is 12.1. The molecule has 1 atom stereocenters. The molecule has 3 rings (SSSR count). The van der Waals surface area contributed by atoms with E-state index >= 15 is 0 Å². The highest BCUT2D eigenvalue weighted by molar-refractivity contribution is 5.92. The molecule has 6 nitrogen and oxygen atoms in total. The van der Waals surface area contributed by atoms with E-state index < -0.39 is 0 Å². The van der Waals surface area contributed by atoms with Gasteiger partial charge in [0.2, 0.25) is 0 Å². The van der Waals surface area contributed by atoms with Crippen molar-refractivity contribution in [1.29, 1.82) is 0 Å². The summed E-state index contributed by atoms with van der Waals surface area (Å²) in [6.07, 6.45) is 5.77. The molecule has 1 saturated heterocycles. The van der Waals surface area contributed by atoms with Crippen molar-refractivity contribution in [3.8, 4) is 5.82 Å². The number of carbonyl (C=O) groups excluding carboxylic acids is 1. The monoisotopic (exact) mass is 343 g/mol. The van der Waals surface area contributed by atoms with Crippen molar-refractivity contribution in [2.75, 3.05) is 13.1 Å². The molecular formula is C14H19Cl2N5O. The van der Waals surface area contributed by atoms with Crippen LogP contribution in [0.3, 0.4) is 0 Å². The summed E-state index contributed by atoms with van der Waals surface area (Å²) < 4.78 is 1.63. The first-order chi connectivity index (χ1) is 9.83. The molecular weight excluding hydrogens is 325 g/mol. The predicted molar refractivity (Wildman–Crippen MR) is 89.2 cm³/mol. The van der Waals surface area contributed by atoms with Gasteiger partial charge in [-0.15, -0.1) is 24.8 Å². The van der Waals surface area contributed by atoms with Gasteiger partial charge in [-0.3, -0.25) is 4.79 Å². The van der Waals surface area contributed by atoms with E-state index in [4.69, 9.17) is 0 Å². The second kappa shape index (κ2) is 8.73. The van der Waals surface area contributed by atoms with Gasteiger partial charge >= 0.3 is 0 Å². The Morgan fingerprint density at radius 1 is 1.36 bits per heavy atom. The minimum atomic E-state index is -0.146. The molecule has 1 amide bonds. The van der Waals surface area contributed by atoms with Crippen LogP contribution in [0.5, 0.6) is 0 Å². The summed E-state index contributed by atoms with van der Waals surface area (Å²) >= 11 is 0. The van der Waals surface area contributed by atoms with E-state index in [1.165, 1.54) is 6.42 Å². The SMILES string of the molecule is Cl.Cl.O=C(NCC1CCCN1)c1cccc(-n2cccn2)n1. The highest BCUT2D eigenvalue weighted by atomic mass is 35.5. The van der Waals surface area contributed by atoms with Gasteiger partial charge in [-0.25, -0.2) is 9.67 Å². The quantitative estimate of drug-likeness (QED) is 0.884. The topological polar surface area (TPSA) is 71.8 Å². The number of hydrogen-bond acceptors (Lipinski definition) is 4. The maximum Gasteiger partial charge on any atom is 0.270 e. The Morgan fingerprint density at radius 2 is 2.23 bits per heavy atom. The number of hydrogen-bond donors (Lipinski definition) is 2. The molecule has 0 aliphatic carbocycles. The first-order valence-corrected chi connectivity index (χ1v) is 6.81. The van der Waals surface area contributed by atoms with Gasteiger partial charge in [-0.2, -0.15) is 5.10 Å². The van der Waals surface area contributed by atoms with Crippen LogP contribution < -0.4 is 10.6 Å². The number of halogens is 2. The number of nitrogens with one attached hydrogen (secondary N) is 2. The molecule has 22 heavy (non-hydrogen) atoms. The molecule has 2 aromatic heterocycles. The van der Waals surface area contributed by atoms with E-state index in [-0.39, 0.29) is 30.7 Å². The van der Waals surface area contributed by atoms with E-state index in [1.54, 1.807) is 23.1 Å². The molecule has 1 aliphatic rings. The van der Waals surface area contributed by atoms with Gasteiger partial charge in [-0.05, 0) is 37.6 Å². The van der Waals surface area contributed by atoms with E-state index in [1.807, 2.05) is 18.2 Å². The second-order valence-electron chi connectivity index (χ2n) is 4.83. The van der Waals surface area contributed by atoms with Crippen molar-refractivity contribution in [3.05, 3.63) is 42.4 Å². The van der Waals surface area contributed by atoms with E-state index in [0.717, 1.165) is 13.0 Å². The van der Waals surface area contributed by atoms with Crippen LogP contribution in [-0.4, -0.2) is 39.8 Å². The third kappa shape index (κ3) is 4.43. The Bertz CT molecular complexity index is 585. The molecule has 0 aromatic carbocycles. The number of aromatic nitrogens is 3. The van der Waals surface area contributed by atoms with Crippen molar-refractivity contribution in [2.24, 2.45) is 0 Å². The summed E-state index contributed by atoms with van der Waals surface area (Å²) in [5.74, 6) is 0.495. The lowest BCUT2D eigenvalue weighted by Gasteiger charge is -2.11. The Hall–Kier alpha value is -1.63. The molecule has 120 valence electrons. The number of carbonyl (C=O) groups is 1. The van der Waals surface area contributed by atoms with Gasteiger partial charge in [0.15, 0.2) is 5.82 Å². The fraction of sp³-hybridized carbons (Fsp3) is 0.357. The van der Waals surface area contributed by atoms with Crippen molar-refractivity contribution >= 4 is 30.7 Å². The Morgan fingerprint density at radius 3 is 2.91 bits per heavy atom. The molecule has 0 bridgehead atoms. The van der Waals surface area contributed by atoms with Gasteiger partial charge in [0.25, 0.3) is 5.91 Å². The lowest BCUT2D eigenvalue weighted by Crippen LogP contribution is -2.37. The van der Waals surface area contributed by atoms with E-state index in [0.29, 0.717) is 24.1 Å². The third-order valence-electron chi connectivity index (χ3n) is 3.38. The Labute approximate surface area is 141 Å². The second-order valence-corrected chi connectivity index (χ2v) is 4.83. The number of rotatable bonds is 4. The van der Waals surface area contributed by atoms with Crippen LogP contribution in [0.2, 0.25) is 0 Å². The molecule has 2 N–H and O–H groups in total. The summed E-state index contributed by atoms with van der Waals surface area (Å²) in [7, 11) is 0. The summed E-state index contributed by atoms with van der Waals surface area (Å²) in [5.41, 5.74) is 0.413. The Kier molecular flexibility index (Phi) is 7.31. The molecule has 0 saturated carbocycles. The van der Waals surface area contributed by atoms with Crippen molar-refractivity contribution in [2.45, 2.75) is 18.9 Å². The standard InChI is InChI=1S/C14H17N5O.2ClH/c20-14(16-10-11-4-2-7-15-11)12-5-1-6-13(18-12)19-9-3-8-17-19;;/h1,3,5-6,8-9,11,15H,2,4,7,10H2,(H,16,20);2*1H. The van der Waals surface area contributed by atoms with E-state index in [2.05, 4.69) is 20.7 Å². The number of nitrogens with zero attached hydrogens (tertiary/aromatic N) is 3. The minimum Gasteiger partial charge on any atom is -0.349 e. The summed E-state index contributed by atoms with van der Waals surface area (Å²) in [5, 5.41) is 10.4. The van der Waals surface area contributed by atoms with Gasteiger partial charge < -0.3 is 10.6 Å². The fourth-order valence-corrected chi connectivity index (χ4v) is 2.32. The first kappa shape index (κ1) is 18.4. The van der Waals surface area contributed by atoms with Crippen LogP contribution in [0.4, 0.5) is 0 Å². The molecule has 2 aromatic rings. The summed E-state index contributed by atoms with van der Waals surface area (Å²) in [4.78, 5) is 16.4. The van der Waals surface area contributed by atoms with Crippen molar-refractivity contribution in [3.63, 3.8) is 0 Å². The summed E-state index contributed by atoms with van der Waals surface area (Å²) in [6, 6.07) is 7.55. The lowest BCUT2D eigenvalue weighted by atomic mass is 10.2. The number of pyridine rings is 1. The zero-order valence-electron chi connectivity index (χ0n) is 11.9. The molecule has 1 fully saturated rings. The van der Waals surface area contributed by atoms with Crippen LogP contribution in [0.1, 0.15) is 23.3 Å². The molecule has 1 unspecified atom stereocenters. The smallest absolute Gasteiger partial charge is 0.270 e. The predicted octanol–water partition coefficient (Wildman–Crippen LogP) is 1.59. The Balaban J connectivity index is 0.00000121. The van der Waals surface area contributed by atoms with Crippen LogP contribution in [-0.2, 0) is 0 Å². The molecule has 0 radical (unpaired) electrons.